The molecule has 0 bridgehead atoms. The van der Waals surface area contributed by atoms with E-state index < -0.39 is 35.5 Å². The van der Waals surface area contributed by atoms with Crippen molar-refractivity contribution in [1.29, 1.82) is 0 Å². The number of aliphatic carboxylic acids is 1. The molecule has 2 aromatic carbocycles. The Hall–Kier alpha value is -3.14. The number of thiophene rings is 1. The van der Waals surface area contributed by atoms with E-state index in [0.717, 1.165) is 16.7 Å². The highest BCUT2D eigenvalue weighted by atomic mass is 32.2. The second kappa shape index (κ2) is 14.2. The van der Waals surface area contributed by atoms with E-state index in [9.17, 15) is 19.5 Å². The molecule has 2 N–H and O–H groups in total. The van der Waals surface area contributed by atoms with Crippen molar-refractivity contribution in [3.05, 3.63) is 94.2 Å². The molecule has 41 heavy (non-hydrogen) atoms. The van der Waals surface area contributed by atoms with Gasteiger partial charge in [-0.25, -0.2) is 4.79 Å². The Morgan fingerprint density at radius 2 is 1.71 bits per heavy atom. The van der Waals surface area contributed by atoms with Crippen LogP contribution in [0.2, 0.25) is 0 Å². The minimum atomic E-state index is -1.04. The predicted octanol–water partition coefficient (Wildman–Crippen LogP) is 5.57. The van der Waals surface area contributed by atoms with Crippen molar-refractivity contribution < 1.29 is 24.2 Å². The summed E-state index contributed by atoms with van der Waals surface area (Å²) in [6.07, 6.45) is 1.05. The summed E-state index contributed by atoms with van der Waals surface area (Å²) in [6, 6.07) is 18.9. The summed E-state index contributed by atoms with van der Waals surface area (Å²) in [6.45, 7) is 5.92. The monoisotopic (exact) mass is 594 g/mol. The number of ether oxygens (including phenoxy) is 1. The van der Waals surface area contributed by atoms with Gasteiger partial charge >= 0.3 is 11.9 Å². The number of amides is 1. The maximum Gasteiger partial charge on any atom is 0.326 e. The Balaban J connectivity index is 1.59. The van der Waals surface area contributed by atoms with Gasteiger partial charge in [0.25, 0.3) is 0 Å². The number of hydrogen-bond acceptors (Lipinski definition) is 7. The van der Waals surface area contributed by atoms with Crippen LogP contribution in [-0.4, -0.2) is 58.3 Å². The molecule has 0 spiro atoms. The standard InChI is InChI=1S/C32H38N2O5S2/c1-32(2,3)28(30(36)37)34-18-27(24-16-17-40-20-24)41-21-26(29(34)35)33-25(15-14-22-10-6-4-7-11-22)31(38)39-19-23-12-8-5-9-13-23/h4-13,16-17,20,25-28,33H,14-15,18-19,21H2,1-3H3,(H,36,37). The molecular weight excluding hydrogens is 556 g/mol. The number of carbonyl (C=O) groups is 3. The van der Waals surface area contributed by atoms with E-state index in [0.29, 0.717) is 18.6 Å². The molecule has 7 nitrogen and oxygen atoms in total. The second-order valence-corrected chi connectivity index (χ2v) is 13.4. The molecule has 2 heterocycles. The van der Waals surface area contributed by atoms with E-state index in [1.807, 2.05) is 98.3 Å². The Morgan fingerprint density at radius 3 is 2.29 bits per heavy atom. The van der Waals surface area contributed by atoms with Crippen LogP contribution in [0.5, 0.6) is 0 Å². The number of benzene rings is 2. The van der Waals surface area contributed by atoms with Crippen molar-refractivity contribution in [1.82, 2.24) is 10.2 Å². The molecule has 1 aliphatic rings. The van der Waals surface area contributed by atoms with Crippen molar-refractivity contribution in [3.8, 4) is 0 Å². The summed E-state index contributed by atoms with van der Waals surface area (Å²) < 4.78 is 5.71. The Bertz CT molecular complexity index is 1280. The van der Waals surface area contributed by atoms with Gasteiger partial charge in [0.1, 0.15) is 18.7 Å². The van der Waals surface area contributed by atoms with Crippen LogP contribution in [0.1, 0.15) is 49.1 Å². The van der Waals surface area contributed by atoms with Crippen LogP contribution in [0.15, 0.2) is 77.5 Å². The summed E-state index contributed by atoms with van der Waals surface area (Å²) in [4.78, 5) is 41.6. The SMILES string of the molecule is CC(C)(C)C(C(=O)O)N1CC(c2ccsc2)SCC(NC(CCc2ccccc2)C(=O)OCc2ccccc2)C1=O. The van der Waals surface area contributed by atoms with Crippen molar-refractivity contribution in [2.45, 2.75) is 63.6 Å². The maximum atomic E-state index is 14.1. The number of carbonyl (C=O) groups excluding carboxylic acids is 2. The first-order valence-electron chi connectivity index (χ1n) is 13.8. The quantitative estimate of drug-likeness (QED) is 0.280. The molecule has 0 saturated carbocycles. The van der Waals surface area contributed by atoms with E-state index in [4.69, 9.17) is 4.74 Å². The molecule has 0 aliphatic carbocycles. The molecule has 4 unspecified atom stereocenters. The Labute approximate surface area is 250 Å². The Morgan fingerprint density at radius 1 is 1.05 bits per heavy atom. The average Bonchev–Trinajstić information content (AvgIpc) is 3.44. The lowest BCUT2D eigenvalue weighted by Crippen LogP contribution is -2.59. The second-order valence-electron chi connectivity index (χ2n) is 11.4. The smallest absolute Gasteiger partial charge is 0.326 e. The number of esters is 1. The van der Waals surface area contributed by atoms with Crippen molar-refractivity contribution in [2.24, 2.45) is 5.41 Å². The van der Waals surface area contributed by atoms with Gasteiger partial charge in [-0.1, -0.05) is 81.4 Å². The van der Waals surface area contributed by atoms with Gasteiger partial charge in [-0.3, -0.25) is 14.9 Å². The molecule has 1 saturated heterocycles. The highest BCUT2D eigenvalue weighted by Gasteiger charge is 2.44. The number of thioether (sulfide) groups is 1. The number of carboxylic acids is 1. The van der Waals surface area contributed by atoms with Gasteiger partial charge in [0.05, 0.1) is 6.04 Å². The highest BCUT2D eigenvalue weighted by molar-refractivity contribution is 7.99. The minimum Gasteiger partial charge on any atom is -0.480 e. The summed E-state index contributed by atoms with van der Waals surface area (Å²) in [5.41, 5.74) is 2.33. The van der Waals surface area contributed by atoms with E-state index >= 15 is 0 Å². The first kappa shape index (κ1) is 30.8. The third kappa shape index (κ3) is 8.44. The number of nitrogens with one attached hydrogen (secondary N) is 1. The van der Waals surface area contributed by atoms with Gasteiger partial charge in [0.2, 0.25) is 5.91 Å². The third-order valence-corrected chi connectivity index (χ3v) is 9.21. The van der Waals surface area contributed by atoms with Gasteiger partial charge in [-0.05, 0) is 51.8 Å². The molecular formula is C32H38N2O5S2. The normalized spacial score (nSPS) is 19.3. The summed E-state index contributed by atoms with van der Waals surface area (Å²) in [5.74, 6) is -1.37. The maximum absolute atomic E-state index is 14.1. The van der Waals surface area contributed by atoms with Crippen molar-refractivity contribution in [3.63, 3.8) is 0 Å². The van der Waals surface area contributed by atoms with Crippen LogP contribution in [0.3, 0.4) is 0 Å². The highest BCUT2D eigenvalue weighted by Crippen LogP contribution is 2.37. The number of aryl methyl sites for hydroxylation is 1. The first-order chi connectivity index (χ1) is 19.6. The molecule has 9 heteroatoms. The van der Waals surface area contributed by atoms with Crippen LogP contribution >= 0.6 is 23.1 Å². The van der Waals surface area contributed by atoms with Crippen molar-refractivity contribution in [2.75, 3.05) is 12.3 Å². The molecule has 0 radical (unpaired) electrons. The van der Waals surface area contributed by atoms with Gasteiger partial charge in [0.15, 0.2) is 0 Å². The van der Waals surface area contributed by atoms with E-state index in [-0.39, 0.29) is 24.3 Å². The molecule has 1 fully saturated rings. The van der Waals surface area contributed by atoms with Gasteiger partial charge in [-0.15, -0.1) is 11.8 Å². The number of carboxylic acid groups (broad SMARTS) is 1. The fourth-order valence-corrected chi connectivity index (χ4v) is 7.15. The fraction of sp³-hybridized carbons (Fsp3) is 0.406. The summed E-state index contributed by atoms with van der Waals surface area (Å²) in [7, 11) is 0. The van der Waals surface area contributed by atoms with Crippen molar-refractivity contribution >= 4 is 40.9 Å². The zero-order valence-corrected chi connectivity index (χ0v) is 25.3. The predicted molar refractivity (Wildman–Crippen MR) is 164 cm³/mol. The largest absolute Gasteiger partial charge is 0.480 e. The lowest BCUT2D eigenvalue weighted by atomic mass is 9.85. The first-order valence-corrected chi connectivity index (χ1v) is 15.8. The zero-order valence-electron chi connectivity index (χ0n) is 23.7. The lowest BCUT2D eigenvalue weighted by Gasteiger charge is -2.39. The Kier molecular flexibility index (Phi) is 10.6. The van der Waals surface area contributed by atoms with E-state index in [2.05, 4.69) is 5.32 Å². The van der Waals surface area contributed by atoms with Crippen LogP contribution in [0.25, 0.3) is 0 Å². The topological polar surface area (TPSA) is 95.9 Å². The number of rotatable bonds is 11. The zero-order chi connectivity index (χ0) is 29.4. The van der Waals surface area contributed by atoms with Crippen LogP contribution in [-0.2, 0) is 32.1 Å². The average molecular weight is 595 g/mol. The van der Waals surface area contributed by atoms with E-state index in [1.54, 1.807) is 23.1 Å². The molecule has 218 valence electrons. The fourth-order valence-electron chi connectivity index (χ4n) is 5.09. The summed E-state index contributed by atoms with van der Waals surface area (Å²) in [5, 5.41) is 17.5. The van der Waals surface area contributed by atoms with Gasteiger partial charge < -0.3 is 14.7 Å². The molecule has 1 amide bonds. The van der Waals surface area contributed by atoms with Gasteiger partial charge in [-0.2, -0.15) is 11.3 Å². The van der Waals surface area contributed by atoms with Crippen LogP contribution in [0, 0.1) is 5.41 Å². The van der Waals surface area contributed by atoms with E-state index in [1.165, 1.54) is 4.90 Å². The molecule has 1 aromatic heterocycles. The third-order valence-electron chi connectivity index (χ3n) is 7.16. The van der Waals surface area contributed by atoms with Crippen LogP contribution < -0.4 is 5.32 Å². The number of nitrogens with zero attached hydrogens (tertiary/aromatic N) is 1. The molecule has 3 aromatic rings. The molecule has 4 atom stereocenters. The minimum absolute atomic E-state index is 0.0750. The lowest BCUT2D eigenvalue weighted by molar-refractivity contribution is -0.156. The molecule has 4 rings (SSSR count). The number of hydrogen-bond donors (Lipinski definition) is 2. The van der Waals surface area contributed by atoms with Gasteiger partial charge in [0, 0.05) is 17.5 Å². The van der Waals surface area contributed by atoms with Crippen LogP contribution in [0.4, 0.5) is 0 Å². The summed E-state index contributed by atoms with van der Waals surface area (Å²) >= 11 is 3.19. The molecule has 1 aliphatic heterocycles.